The molecule has 0 aromatic rings. The first kappa shape index (κ1) is 16.1. The van der Waals surface area contributed by atoms with E-state index in [0.717, 1.165) is 32.4 Å². The van der Waals surface area contributed by atoms with Crippen LogP contribution in [0.15, 0.2) is 0 Å². The predicted octanol–water partition coefficient (Wildman–Crippen LogP) is 2.75. The Hall–Kier alpha value is -0.810. The summed E-state index contributed by atoms with van der Waals surface area (Å²) in [7, 11) is 0. The molecular formula is C17H30N2O3. The monoisotopic (exact) mass is 310 g/mol. The van der Waals surface area contributed by atoms with Gasteiger partial charge >= 0.3 is 6.03 Å². The molecule has 1 aliphatic carbocycles. The summed E-state index contributed by atoms with van der Waals surface area (Å²) in [6, 6.07) is 0.390. The minimum atomic E-state index is -0.508. The number of nitrogens with zero attached hydrogens (tertiary/aromatic N) is 1. The van der Waals surface area contributed by atoms with Gasteiger partial charge < -0.3 is 19.7 Å². The lowest BCUT2D eigenvalue weighted by Crippen LogP contribution is -2.54. The van der Waals surface area contributed by atoms with E-state index in [1.807, 2.05) is 11.8 Å². The first-order chi connectivity index (χ1) is 10.4. The van der Waals surface area contributed by atoms with Gasteiger partial charge in [-0.25, -0.2) is 4.79 Å². The van der Waals surface area contributed by atoms with E-state index >= 15 is 0 Å². The normalized spacial score (nSPS) is 33.9. The van der Waals surface area contributed by atoms with Gasteiger partial charge in [-0.05, 0) is 38.0 Å². The van der Waals surface area contributed by atoms with Gasteiger partial charge in [-0.15, -0.1) is 0 Å². The number of hydrogen-bond donors (Lipinski definition) is 1. The van der Waals surface area contributed by atoms with Gasteiger partial charge in [0.05, 0.1) is 13.2 Å². The van der Waals surface area contributed by atoms with Crippen LogP contribution < -0.4 is 5.32 Å². The highest BCUT2D eigenvalue weighted by atomic mass is 16.7. The van der Waals surface area contributed by atoms with E-state index in [0.29, 0.717) is 19.3 Å². The molecule has 0 radical (unpaired) electrons. The van der Waals surface area contributed by atoms with Gasteiger partial charge in [-0.2, -0.15) is 0 Å². The molecule has 0 unspecified atom stereocenters. The van der Waals surface area contributed by atoms with E-state index in [2.05, 4.69) is 19.2 Å². The third kappa shape index (κ3) is 3.11. The van der Waals surface area contributed by atoms with Gasteiger partial charge in [-0.3, -0.25) is 0 Å². The summed E-state index contributed by atoms with van der Waals surface area (Å²) >= 11 is 0. The van der Waals surface area contributed by atoms with Crippen LogP contribution >= 0.6 is 0 Å². The molecule has 2 amide bonds. The van der Waals surface area contributed by atoms with Crippen molar-refractivity contribution in [3.05, 3.63) is 0 Å². The van der Waals surface area contributed by atoms with Crippen molar-refractivity contribution in [1.82, 2.24) is 10.2 Å². The van der Waals surface area contributed by atoms with Gasteiger partial charge in [-0.1, -0.05) is 20.3 Å². The van der Waals surface area contributed by atoms with Crippen LogP contribution in [-0.4, -0.2) is 49.1 Å². The molecule has 0 aromatic heterocycles. The Balaban J connectivity index is 1.58. The van der Waals surface area contributed by atoms with Crippen molar-refractivity contribution < 1.29 is 14.3 Å². The lowest BCUT2D eigenvalue weighted by molar-refractivity contribution is -0.189. The standard InChI is InChI=1S/C17H30N2O3/c1-16(2)8-4-7-14(16)18-15(20)19-9-5-6-13(12-19)17(3)21-10-11-22-17/h13-14H,4-12H2,1-3H3,(H,18,20)/t13-,14-/m0/s1. The number of rotatable bonds is 2. The average Bonchev–Trinajstić information content (AvgIpc) is 3.07. The van der Waals surface area contributed by atoms with Crippen LogP contribution in [-0.2, 0) is 9.47 Å². The SMILES string of the molecule is CC1(C)CCC[C@@H]1NC(=O)N1CCC[C@H](C2(C)OCCO2)C1. The summed E-state index contributed by atoms with van der Waals surface area (Å²) in [5, 5.41) is 3.27. The Labute approximate surface area is 133 Å². The van der Waals surface area contributed by atoms with E-state index in [1.165, 1.54) is 12.8 Å². The molecule has 2 heterocycles. The number of carbonyl (C=O) groups excluding carboxylic acids is 1. The molecule has 0 aromatic carbocycles. The van der Waals surface area contributed by atoms with Crippen molar-refractivity contribution in [3.8, 4) is 0 Å². The lowest BCUT2D eigenvalue weighted by atomic mass is 9.87. The zero-order valence-electron chi connectivity index (χ0n) is 14.2. The van der Waals surface area contributed by atoms with Gasteiger partial charge in [0.1, 0.15) is 0 Å². The summed E-state index contributed by atoms with van der Waals surface area (Å²) in [5.41, 5.74) is 0.217. The van der Waals surface area contributed by atoms with E-state index in [1.54, 1.807) is 0 Å². The van der Waals surface area contributed by atoms with Crippen LogP contribution in [0.4, 0.5) is 4.79 Å². The highest BCUT2D eigenvalue weighted by Crippen LogP contribution is 2.38. The van der Waals surface area contributed by atoms with E-state index < -0.39 is 5.79 Å². The molecule has 2 atom stereocenters. The van der Waals surface area contributed by atoms with Crippen molar-refractivity contribution in [2.24, 2.45) is 11.3 Å². The van der Waals surface area contributed by atoms with Crippen LogP contribution in [0.5, 0.6) is 0 Å². The van der Waals surface area contributed by atoms with Crippen LogP contribution in [0.3, 0.4) is 0 Å². The number of amides is 2. The van der Waals surface area contributed by atoms with Crippen molar-refractivity contribution in [3.63, 3.8) is 0 Å². The molecule has 5 nitrogen and oxygen atoms in total. The van der Waals surface area contributed by atoms with E-state index in [-0.39, 0.29) is 17.4 Å². The summed E-state index contributed by atoms with van der Waals surface area (Å²) < 4.78 is 11.6. The molecule has 0 bridgehead atoms. The Morgan fingerprint density at radius 3 is 2.50 bits per heavy atom. The molecule has 3 aliphatic rings. The Morgan fingerprint density at radius 2 is 1.86 bits per heavy atom. The molecule has 1 N–H and O–H groups in total. The van der Waals surface area contributed by atoms with Crippen LogP contribution in [0.25, 0.3) is 0 Å². The largest absolute Gasteiger partial charge is 0.347 e. The maximum atomic E-state index is 12.6. The molecule has 3 fully saturated rings. The smallest absolute Gasteiger partial charge is 0.317 e. The molecule has 2 saturated heterocycles. The molecule has 5 heteroatoms. The predicted molar refractivity (Wildman–Crippen MR) is 84.6 cm³/mol. The Kier molecular flexibility index (Phi) is 4.38. The van der Waals surface area contributed by atoms with Gasteiger partial charge in [0.25, 0.3) is 0 Å². The van der Waals surface area contributed by atoms with Gasteiger partial charge in [0, 0.05) is 25.0 Å². The second-order valence-corrected chi connectivity index (χ2v) is 7.88. The number of likely N-dealkylation sites (tertiary alicyclic amines) is 1. The third-order valence-corrected chi connectivity index (χ3v) is 5.87. The van der Waals surface area contributed by atoms with Crippen LogP contribution in [0.2, 0.25) is 0 Å². The highest BCUT2D eigenvalue weighted by molar-refractivity contribution is 5.74. The number of urea groups is 1. The lowest BCUT2D eigenvalue weighted by Gasteiger charge is -2.40. The zero-order valence-corrected chi connectivity index (χ0v) is 14.2. The second-order valence-electron chi connectivity index (χ2n) is 7.88. The quantitative estimate of drug-likeness (QED) is 0.853. The zero-order chi connectivity index (χ0) is 15.8. The highest BCUT2D eigenvalue weighted by Gasteiger charge is 2.43. The topological polar surface area (TPSA) is 50.8 Å². The molecule has 3 rings (SSSR count). The first-order valence-corrected chi connectivity index (χ1v) is 8.74. The summed E-state index contributed by atoms with van der Waals surface area (Å²) in [4.78, 5) is 14.6. The fourth-order valence-electron chi connectivity index (χ4n) is 4.19. The fraction of sp³-hybridized carbons (Fsp3) is 0.941. The average molecular weight is 310 g/mol. The Morgan fingerprint density at radius 1 is 1.14 bits per heavy atom. The first-order valence-electron chi connectivity index (χ1n) is 8.74. The fourth-order valence-corrected chi connectivity index (χ4v) is 4.19. The number of carbonyl (C=O) groups is 1. The minimum Gasteiger partial charge on any atom is -0.347 e. The molecule has 22 heavy (non-hydrogen) atoms. The van der Waals surface area contributed by atoms with Crippen LogP contribution in [0.1, 0.15) is 52.9 Å². The molecule has 2 aliphatic heterocycles. The van der Waals surface area contributed by atoms with Crippen molar-refractivity contribution in [2.45, 2.75) is 64.7 Å². The summed E-state index contributed by atoms with van der Waals surface area (Å²) in [5.74, 6) is -0.239. The number of piperidine rings is 1. The van der Waals surface area contributed by atoms with Crippen molar-refractivity contribution in [1.29, 1.82) is 0 Å². The van der Waals surface area contributed by atoms with Crippen molar-refractivity contribution in [2.75, 3.05) is 26.3 Å². The van der Waals surface area contributed by atoms with Gasteiger partial charge in [0.15, 0.2) is 5.79 Å². The van der Waals surface area contributed by atoms with Crippen molar-refractivity contribution >= 4 is 6.03 Å². The van der Waals surface area contributed by atoms with E-state index in [9.17, 15) is 4.79 Å². The Bertz CT molecular complexity index is 418. The number of ether oxygens (including phenoxy) is 2. The van der Waals surface area contributed by atoms with Gasteiger partial charge in [0.2, 0.25) is 0 Å². The third-order valence-electron chi connectivity index (χ3n) is 5.87. The molecule has 0 spiro atoms. The maximum absolute atomic E-state index is 12.6. The molecular weight excluding hydrogens is 280 g/mol. The molecule has 1 saturated carbocycles. The number of nitrogens with one attached hydrogen (secondary N) is 1. The second kappa shape index (κ2) is 6.00. The maximum Gasteiger partial charge on any atom is 0.317 e. The molecule has 126 valence electrons. The number of hydrogen-bond acceptors (Lipinski definition) is 3. The summed E-state index contributed by atoms with van der Waals surface area (Å²) in [6.07, 6.45) is 5.59. The van der Waals surface area contributed by atoms with E-state index in [4.69, 9.17) is 9.47 Å². The van der Waals surface area contributed by atoms with Crippen LogP contribution in [0, 0.1) is 11.3 Å². The summed E-state index contributed by atoms with van der Waals surface area (Å²) in [6.45, 7) is 9.43. The minimum absolute atomic E-state index is 0.0891.